The number of furan rings is 2. The van der Waals surface area contributed by atoms with Crippen LogP contribution in [-0.4, -0.2) is 37.2 Å². The van der Waals surface area contributed by atoms with E-state index in [0.717, 1.165) is 39.1 Å². The molecule has 10 nitrogen and oxygen atoms in total. The molecule has 208 valence electrons. The zero-order valence-electron chi connectivity index (χ0n) is 23.1. The molecule has 1 N–H and O–H groups in total. The lowest BCUT2D eigenvalue weighted by atomic mass is 10.00. The molecule has 1 atom stereocenters. The lowest BCUT2D eigenvalue weighted by Crippen LogP contribution is -2.34. The fourth-order valence-corrected chi connectivity index (χ4v) is 5.07. The average Bonchev–Trinajstić information content (AvgIpc) is 3.76. The monoisotopic (exact) mass is 550 g/mol. The van der Waals surface area contributed by atoms with Crippen molar-refractivity contribution in [3.8, 4) is 5.75 Å². The Morgan fingerprint density at radius 3 is 2.39 bits per heavy atom. The molecule has 0 aliphatic heterocycles. The summed E-state index contributed by atoms with van der Waals surface area (Å²) in [4.78, 5) is 19.1. The van der Waals surface area contributed by atoms with E-state index in [1.165, 1.54) is 0 Å². The molecular weight excluding hydrogens is 520 g/mol. The third kappa shape index (κ3) is 5.55. The first-order chi connectivity index (χ1) is 20.0. The zero-order valence-corrected chi connectivity index (χ0v) is 23.1. The van der Waals surface area contributed by atoms with Gasteiger partial charge in [0.1, 0.15) is 29.9 Å². The Balaban J connectivity index is 1.52. The lowest BCUT2D eigenvalue weighted by Gasteiger charge is -2.30. The fourth-order valence-electron chi connectivity index (χ4n) is 5.07. The van der Waals surface area contributed by atoms with Gasteiger partial charge in [0, 0.05) is 17.6 Å². The van der Waals surface area contributed by atoms with Crippen LogP contribution in [0.25, 0.3) is 10.9 Å². The van der Waals surface area contributed by atoms with Gasteiger partial charge < -0.3 is 18.6 Å². The molecule has 0 bridgehead atoms. The number of methoxy groups -OCH3 is 1. The number of hydrogen-bond acceptors (Lipinski definition) is 8. The molecule has 0 aliphatic carbocycles. The third-order valence-electron chi connectivity index (χ3n) is 7.32. The van der Waals surface area contributed by atoms with Crippen molar-refractivity contribution < 1.29 is 13.6 Å². The van der Waals surface area contributed by atoms with Crippen molar-refractivity contribution in [2.24, 2.45) is 0 Å². The third-order valence-corrected chi connectivity index (χ3v) is 7.32. The van der Waals surface area contributed by atoms with Gasteiger partial charge in [0.2, 0.25) is 0 Å². The number of hydrogen-bond donors (Lipinski definition) is 1. The van der Waals surface area contributed by atoms with Crippen LogP contribution >= 0.6 is 0 Å². The van der Waals surface area contributed by atoms with Crippen LogP contribution in [0.15, 0.2) is 92.9 Å². The Morgan fingerprint density at radius 2 is 1.68 bits per heavy atom. The number of aromatic nitrogens is 5. The molecule has 6 aromatic rings. The molecule has 0 saturated carbocycles. The molecule has 0 radical (unpaired) electrons. The second-order valence-corrected chi connectivity index (χ2v) is 10.1. The summed E-state index contributed by atoms with van der Waals surface area (Å²) in [6, 6.07) is 20.7. The van der Waals surface area contributed by atoms with E-state index in [2.05, 4.69) is 38.4 Å². The summed E-state index contributed by atoms with van der Waals surface area (Å²) in [6.07, 6.45) is 3.26. The van der Waals surface area contributed by atoms with E-state index in [-0.39, 0.29) is 5.56 Å². The van der Waals surface area contributed by atoms with Crippen molar-refractivity contribution in [3.05, 3.63) is 129 Å². The topological polar surface area (TPSA) is 115 Å². The first-order valence-electron chi connectivity index (χ1n) is 13.3. The smallest absolute Gasteiger partial charge is 0.253 e. The number of rotatable bonds is 10. The average molecular weight is 551 g/mol. The van der Waals surface area contributed by atoms with Gasteiger partial charge in [-0.15, -0.1) is 5.10 Å². The van der Waals surface area contributed by atoms with Crippen LogP contribution in [0, 0.1) is 13.8 Å². The Kier molecular flexibility index (Phi) is 7.22. The van der Waals surface area contributed by atoms with Crippen LogP contribution in [0.4, 0.5) is 0 Å². The highest BCUT2D eigenvalue weighted by Crippen LogP contribution is 2.31. The van der Waals surface area contributed by atoms with E-state index >= 15 is 0 Å². The Morgan fingerprint density at radius 1 is 0.951 bits per heavy atom. The first kappa shape index (κ1) is 26.3. The van der Waals surface area contributed by atoms with Crippen LogP contribution in [0.3, 0.4) is 0 Å². The maximum absolute atomic E-state index is 13.8. The summed E-state index contributed by atoms with van der Waals surface area (Å²) in [7, 11) is 1.64. The van der Waals surface area contributed by atoms with Gasteiger partial charge in [0.15, 0.2) is 5.82 Å². The molecular formula is C31H30N6O4. The van der Waals surface area contributed by atoms with Gasteiger partial charge in [0.05, 0.1) is 26.2 Å². The zero-order chi connectivity index (χ0) is 28.3. The molecule has 0 saturated heterocycles. The van der Waals surface area contributed by atoms with Crippen molar-refractivity contribution in [3.63, 3.8) is 0 Å². The van der Waals surface area contributed by atoms with E-state index < -0.39 is 6.04 Å². The first-order valence-corrected chi connectivity index (χ1v) is 13.3. The molecule has 0 fully saturated rings. The summed E-state index contributed by atoms with van der Waals surface area (Å²) in [5, 5.41) is 13.7. The quantitative estimate of drug-likeness (QED) is 0.249. The molecule has 10 heteroatoms. The van der Waals surface area contributed by atoms with Gasteiger partial charge >= 0.3 is 0 Å². The van der Waals surface area contributed by atoms with Gasteiger partial charge in [-0.25, -0.2) is 4.68 Å². The summed E-state index contributed by atoms with van der Waals surface area (Å²) in [5.74, 6) is 2.72. The van der Waals surface area contributed by atoms with Crippen LogP contribution < -0.4 is 10.3 Å². The number of nitrogens with one attached hydrogen (secondary N) is 1. The van der Waals surface area contributed by atoms with Gasteiger partial charge in [-0.3, -0.25) is 9.69 Å². The Hall–Kier alpha value is -4.96. The van der Waals surface area contributed by atoms with Crippen molar-refractivity contribution in [1.82, 2.24) is 30.1 Å². The molecule has 2 aromatic carbocycles. The van der Waals surface area contributed by atoms with Crippen LogP contribution in [0.2, 0.25) is 0 Å². The minimum Gasteiger partial charge on any atom is -0.497 e. The van der Waals surface area contributed by atoms with Crippen molar-refractivity contribution in [1.29, 1.82) is 0 Å². The highest BCUT2D eigenvalue weighted by Gasteiger charge is 2.32. The van der Waals surface area contributed by atoms with Crippen molar-refractivity contribution >= 4 is 10.9 Å². The van der Waals surface area contributed by atoms with Gasteiger partial charge in [-0.05, 0) is 101 Å². The number of fused-ring (bicyclic) bond motifs is 1. The number of aromatic amines is 1. The predicted octanol–water partition coefficient (Wildman–Crippen LogP) is 5.17. The van der Waals surface area contributed by atoms with E-state index in [1.54, 1.807) is 24.3 Å². The maximum atomic E-state index is 13.8. The normalized spacial score (nSPS) is 12.3. The SMILES string of the molecule is COc1ccc(CN(Cc2ccco2)C(c2cc3cc(C)c(C)cc3[nH]c2=O)c2nnnn2Cc2ccco2)cc1. The summed E-state index contributed by atoms with van der Waals surface area (Å²) in [6.45, 7) is 5.29. The highest BCUT2D eigenvalue weighted by atomic mass is 16.5. The maximum Gasteiger partial charge on any atom is 0.253 e. The van der Waals surface area contributed by atoms with E-state index in [4.69, 9.17) is 13.6 Å². The number of H-pyrrole nitrogens is 1. The second-order valence-electron chi connectivity index (χ2n) is 10.1. The number of pyridine rings is 1. The van der Waals surface area contributed by atoms with Crippen LogP contribution in [0.5, 0.6) is 5.75 Å². The van der Waals surface area contributed by atoms with Crippen LogP contribution in [0.1, 0.15) is 45.6 Å². The molecule has 0 spiro atoms. The largest absolute Gasteiger partial charge is 0.497 e. The standard InChI is InChI=1S/C31H30N6O4/c1-20-14-23-16-27(31(38)32-28(23)15-21(20)2)29(30-33-34-35-37(30)19-26-7-5-13-41-26)36(18-25-6-4-12-40-25)17-22-8-10-24(39-3)11-9-22/h4-16,29H,17-19H2,1-3H3,(H,32,38). The fraction of sp³-hybridized carbons (Fsp3) is 0.226. The lowest BCUT2D eigenvalue weighted by molar-refractivity contribution is 0.179. The van der Waals surface area contributed by atoms with Crippen molar-refractivity contribution in [2.75, 3.05) is 7.11 Å². The van der Waals surface area contributed by atoms with E-state index in [1.807, 2.05) is 67.6 Å². The molecule has 4 aromatic heterocycles. The van der Waals surface area contributed by atoms with Crippen molar-refractivity contribution in [2.45, 2.75) is 39.5 Å². The Labute approximate surface area is 236 Å². The van der Waals surface area contributed by atoms with Gasteiger partial charge in [-0.1, -0.05) is 12.1 Å². The molecule has 6 rings (SSSR count). The molecule has 4 heterocycles. The summed E-state index contributed by atoms with van der Waals surface area (Å²) >= 11 is 0. The number of ether oxygens (including phenoxy) is 1. The Bertz CT molecular complexity index is 1800. The number of tetrazole rings is 1. The summed E-state index contributed by atoms with van der Waals surface area (Å²) < 4.78 is 18.4. The predicted molar refractivity (Wildman–Crippen MR) is 152 cm³/mol. The number of aryl methyl sites for hydroxylation is 2. The molecule has 0 amide bonds. The molecule has 0 aliphatic rings. The second kappa shape index (κ2) is 11.3. The van der Waals surface area contributed by atoms with Gasteiger partial charge in [0.25, 0.3) is 5.56 Å². The van der Waals surface area contributed by atoms with Gasteiger partial charge in [-0.2, -0.15) is 0 Å². The minimum absolute atomic E-state index is 0.211. The number of nitrogens with zero attached hydrogens (tertiary/aromatic N) is 5. The van der Waals surface area contributed by atoms with Crippen LogP contribution in [-0.2, 0) is 19.6 Å². The van der Waals surface area contributed by atoms with E-state index in [0.29, 0.717) is 36.8 Å². The molecule has 1 unspecified atom stereocenters. The molecule has 41 heavy (non-hydrogen) atoms. The number of benzene rings is 2. The van der Waals surface area contributed by atoms with E-state index in [9.17, 15) is 4.79 Å². The minimum atomic E-state index is -0.623. The summed E-state index contributed by atoms with van der Waals surface area (Å²) in [5.41, 5.74) is 4.37. The highest BCUT2D eigenvalue weighted by molar-refractivity contribution is 5.81.